The Balaban J connectivity index is 2.17. The van der Waals surface area contributed by atoms with Crippen LogP contribution >= 0.6 is 0 Å². The Hall–Kier alpha value is -1.80. The van der Waals surface area contributed by atoms with Crippen molar-refractivity contribution in [1.29, 1.82) is 0 Å². The molecule has 2 rings (SSSR count). The number of halogens is 1. The highest BCUT2D eigenvalue weighted by atomic mass is 19.1. The quantitative estimate of drug-likeness (QED) is 0.626. The van der Waals surface area contributed by atoms with E-state index in [-0.39, 0.29) is 12.2 Å². The highest BCUT2D eigenvalue weighted by Gasteiger charge is 2.36. The molecule has 2 heterocycles. The van der Waals surface area contributed by atoms with E-state index in [0.717, 1.165) is 0 Å². The predicted molar refractivity (Wildman–Crippen MR) is 70.8 cm³/mol. The molecule has 3 atom stereocenters. The molecule has 1 aliphatic rings. The highest BCUT2D eigenvalue weighted by molar-refractivity contribution is 5.58. The average Bonchev–Trinajstić information content (AvgIpc) is 2.77. The molecule has 0 bridgehead atoms. The van der Waals surface area contributed by atoms with Gasteiger partial charge in [0.05, 0.1) is 12.9 Å². The van der Waals surface area contributed by atoms with Gasteiger partial charge in [-0.1, -0.05) is 0 Å². The van der Waals surface area contributed by atoms with Crippen LogP contribution in [0.5, 0.6) is 0 Å². The molecule has 110 valence electrons. The minimum Gasteiger partial charge on any atom is -0.394 e. The number of rotatable bonds is 4. The number of nitrogens with zero attached hydrogens (tertiary/aromatic N) is 4. The predicted octanol–water partition coefficient (Wildman–Crippen LogP) is 0.0826. The Kier molecular flexibility index (Phi) is 4.46. The lowest BCUT2D eigenvalue weighted by Gasteiger charge is -2.13. The highest BCUT2D eigenvalue weighted by Crippen LogP contribution is 2.29. The van der Waals surface area contributed by atoms with E-state index in [9.17, 15) is 9.18 Å². The van der Waals surface area contributed by atoms with Gasteiger partial charge >= 0.3 is 5.69 Å². The lowest BCUT2D eigenvalue weighted by Crippen LogP contribution is -2.27. The molecule has 1 unspecified atom stereocenters. The van der Waals surface area contributed by atoms with E-state index < -0.39 is 30.8 Å². The van der Waals surface area contributed by atoms with Gasteiger partial charge in [0.25, 0.3) is 0 Å². The lowest BCUT2D eigenvalue weighted by molar-refractivity contribution is -0.0355. The topological polar surface area (TPSA) is 80.0 Å². The zero-order valence-electron chi connectivity index (χ0n) is 11.3. The maximum atomic E-state index is 13.5. The van der Waals surface area contributed by atoms with Crippen LogP contribution in [0.4, 0.5) is 10.2 Å². The molecule has 0 aromatic carbocycles. The summed E-state index contributed by atoms with van der Waals surface area (Å²) >= 11 is 0. The average molecular weight is 284 g/mol. The van der Waals surface area contributed by atoms with Crippen molar-refractivity contribution in [3.05, 3.63) is 22.7 Å². The van der Waals surface area contributed by atoms with Gasteiger partial charge in [0, 0.05) is 26.7 Å². The molecule has 1 fully saturated rings. The van der Waals surface area contributed by atoms with E-state index in [1.54, 1.807) is 25.1 Å². The zero-order valence-corrected chi connectivity index (χ0v) is 11.3. The molecule has 0 amide bonds. The minimum atomic E-state index is -1.29. The minimum absolute atomic E-state index is 0.0210. The van der Waals surface area contributed by atoms with Crippen molar-refractivity contribution in [3.8, 4) is 0 Å². The third-order valence-corrected chi connectivity index (χ3v) is 2.89. The molecule has 0 saturated carbocycles. The van der Waals surface area contributed by atoms with E-state index in [0.29, 0.717) is 0 Å². The number of aromatic nitrogens is 2. The largest absolute Gasteiger partial charge is 0.394 e. The van der Waals surface area contributed by atoms with Crippen molar-refractivity contribution in [3.63, 3.8) is 0 Å². The number of aliphatic hydroxyl groups excluding tert-OH is 1. The summed E-state index contributed by atoms with van der Waals surface area (Å²) in [5.74, 6) is 0.272. The van der Waals surface area contributed by atoms with Crippen LogP contribution < -0.4 is 5.69 Å². The molecule has 1 saturated heterocycles. The molecule has 7 nitrogen and oxygen atoms in total. The van der Waals surface area contributed by atoms with Crippen LogP contribution in [0.2, 0.25) is 0 Å². The third-order valence-electron chi connectivity index (χ3n) is 2.89. The number of hydrogen-bond donors (Lipinski definition) is 1. The van der Waals surface area contributed by atoms with Crippen LogP contribution in [-0.2, 0) is 4.74 Å². The fourth-order valence-electron chi connectivity index (χ4n) is 1.89. The first kappa shape index (κ1) is 14.6. The Labute approximate surface area is 115 Å². The molecular formula is C12H17FN4O3. The summed E-state index contributed by atoms with van der Waals surface area (Å²) in [4.78, 5) is 21.4. The van der Waals surface area contributed by atoms with E-state index in [4.69, 9.17) is 9.84 Å². The van der Waals surface area contributed by atoms with Gasteiger partial charge in [-0.05, 0) is 6.07 Å². The molecule has 0 aliphatic carbocycles. The van der Waals surface area contributed by atoms with Crippen molar-refractivity contribution in [2.45, 2.75) is 24.9 Å². The monoisotopic (exact) mass is 284 g/mol. The molecular weight excluding hydrogens is 267 g/mol. The molecule has 1 aliphatic heterocycles. The molecule has 0 radical (unpaired) electrons. The Morgan fingerprint density at radius 1 is 1.70 bits per heavy atom. The number of ether oxygens (including phenoxy) is 1. The summed E-state index contributed by atoms with van der Waals surface area (Å²) in [5.41, 5.74) is -0.561. The SMILES string of the molecule is CN(C)C=Nc1ccn([C@H]2CC(F)[C@@H](CO)O2)c(=O)n1. The summed E-state index contributed by atoms with van der Waals surface area (Å²) in [7, 11) is 3.60. The van der Waals surface area contributed by atoms with Gasteiger partial charge in [0.2, 0.25) is 0 Å². The van der Waals surface area contributed by atoms with Gasteiger partial charge in [-0.3, -0.25) is 4.57 Å². The summed E-state index contributed by atoms with van der Waals surface area (Å²) in [6.45, 7) is -0.412. The second kappa shape index (κ2) is 6.10. The van der Waals surface area contributed by atoms with Gasteiger partial charge in [-0.15, -0.1) is 0 Å². The first-order valence-corrected chi connectivity index (χ1v) is 6.21. The molecule has 1 aromatic heterocycles. The molecule has 0 spiro atoms. The van der Waals surface area contributed by atoms with E-state index in [1.807, 2.05) is 0 Å². The van der Waals surface area contributed by atoms with Crippen LogP contribution in [0, 0.1) is 0 Å². The Morgan fingerprint density at radius 3 is 3.00 bits per heavy atom. The summed E-state index contributed by atoms with van der Waals surface area (Å²) in [5, 5.41) is 8.94. The molecule has 1 aromatic rings. The van der Waals surface area contributed by atoms with Crippen molar-refractivity contribution in [1.82, 2.24) is 14.5 Å². The maximum Gasteiger partial charge on any atom is 0.351 e. The van der Waals surface area contributed by atoms with E-state index in [1.165, 1.54) is 17.1 Å². The molecule has 8 heteroatoms. The van der Waals surface area contributed by atoms with Gasteiger partial charge in [0.15, 0.2) is 5.82 Å². The van der Waals surface area contributed by atoms with Gasteiger partial charge in [0.1, 0.15) is 18.5 Å². The number of aliphatic hydroxyl groups is 1. The number of alkyl halides is 1. The normalized spacial score (nSPS) is 26.3. The Morgan fingerprint density at radius 2 is 2.45 bits per heavy atom. The third kappa shape index (κ3) is 3.20. The van der Waals surface area contributed by atoms with Crippen molar-refractivity contribution < 1.29 is 14.2 Å². The van der Waals surface area contributed by atoms with Crippen LogP contribution in [0.1, 0.15) is 12.6 Å². The second-order valence-corrected chi connectivity index (χ2v) is 4.75. The van der Waals surface area contributed by atoms with Gasteiger partial charge in [-0.25, -0.2) is 14.2 Å². The molecule has 1 N–H and O–H groups in total. The van der Waals surface area contributed by atoms with Crippen LogP contribution in [0.3, 0.4) is 0 Å². The standard InChI is InChI=1S/C12H17FN4O3/c1-16(2)7-14-10-3-4-17(12(19)15-10)11-5-8(13)9(6-18)20-11/h3-4,7-9,11,18H,5-6H2,1-2H3/t8?,9-,11-/m1/s1. The van der Waals surface area contributed by atoms with Crippen LogP contribution in [0.25, 0.3) is 0 Å². The van der Waals surface area contributed by atoms with Crippen LogP contribution in [-0.4, -0.2) is 58.9 Å². The lowest BCUT2D eigenvalue weighted by atomic mass is 10.2. The van der Waals surface area contributed by atoms with Gasteiger partial charge < -0.3 is 14.7 Å². The zero-order chi connectivity index (χ0) is 14.7. The van der Waals surface area contributed by atoms with Crippen LogP contribution in [0.15, 0.2) is 22.1 Å². The van der Waals surface area contributed by atoms with Crippen molar-refractivity contribution in [2.24, 2.45) is 4.99 Å². The van der Waals surface area contributed by atoms with E-state index >= 15 is 0 Å². The smallest absolute Gasteiger partial charge is 0.351 e. The Bertz CT molecular complexity index is 546. The first-order valence-electron chi connectivity index (χ1n) is 6.21. The van der Waals surface area contributed by atoms with Gasteiger partial charge in [-0.2, -0.15) is 4.98 Å². The van der Waals surface area contributed by atoms with Crippen molar-refractivity contribution >= 4 is 12.2 Å². The number of aliphatic imine (C=N–C) groups is 1. The van der Waals surface area contributed by atoms with Crippen molar-refractivity contribution in [2.75, 3.05) is 20.7 Å². The fourth-order valence-corrected chi connectivity index (χ4v) is 1.89. The maximum absolute atomic E-state index is 13.5. The van der Waals surface area contributed by atoms with E-state index in [2.05, 4.69) is 9.98 Å². The summed E-state index contributed by atoms with van der Waals surface area (Å²) in [6.07, 6.45) is 0.0928. The fraction of sp³-hybridized carbons (Fsp3) is 0.583. The second-order valence-electron chi connectivity index (χ2n) is 4.75. The molecule has 20 heavy (non-hydrogen) atoms. The first-order chi connectivity index (χ1) is 9.51. The number of hydrogen-bond acceptors (Lipinski definition) is 5. The summed E-state index contributed by atoms with van der Waals surface area (Å²) < 4.78 is 20.0. The summed E-state index contributed by atoms with van der Waals surface area (Å²) in [6, 6.07) is 1.55.